The van der Waals surface area contributed by atoms with Crippen molar-refractivity contribution in [2.75, 3.05) is 11.1 Å². The van der Waals surface area contributed by atoms with E-state index in [9.17, 15) is 4.79 Å². The molecule has 2 rings (SSSR count). The molecule has 1 amide bonds. The lowest BCUT2D eigenvalue weighted by molar-refractivity contribution is 0.102. The topological polar surface area (TPSA) is 72.9 Å². The molecule has 6 heteroatoms. The molecule has 0 atom stereocenters. The van der Waals surface area contributed by atoms with E-state index in [1.807, 2.05) is 6.92 Å². The maximum atomic E-state index is 12.0. The van der Waals surface area contributed by atoms with Gasteiger partial charge in [0.05, 0.1) is 23.1 Å². The second kappa shape index (κ2) is 4.70. The van der Waals surface area contributed by atoms with Gasteiger partial charge in [-0.15, -0.1) is 0 Å². The highest BCUT2D eigenvalue weighted by molar-refractivity contribution is 6.31. The van der Waals surface area contributed by atoms with Crippen LogP contribution in [0.25, 0.3) is 0 Å². The summed E-state index contributed by atoms with van der Waals surface area (Å²) in [5, 5.41) is 7.25. The molecule has 5 nitrogen and oxygen atoms in total. The highest BCUT2D eigenvalue weighted by Crippen LogP contribution is 2.23. The Kier molecular flexibility index (Phi) is 3.25. The minimum absolute atomic E-state index is 0.255. The highest BCUT2D eigenvalue weighted by Gasteiger charge is 2.14. The van der Waals surface area contributed by atoms with Crippen molar-refractivity contribution in [1.29, 1.82) is 0 Å². The molecule has 3 N–H and O–H groups in total. The summed E-state index contributed by atoms with van der Waals surface area (Å²) >= 11 is 5.86. The van der Waals surface area contributed by atoms with Crippen LogP contribution in [0.3, 0.4) is 0 Å². The number of nitrogen functional groups attached to an aromatic ring is 1. The molecule has 1 aromatic heterocycles. The Morgan fingerprint density at radius 1 is 1.50 bits per heavy atom. The number of amides is 1. The van der Waals surface area contributed by atoms with Gasteiger partial charge in [0.1, 0.15) is 0 Å². The molecule has 0 radical (unpaired) electrons. The largest absolute Gasteiger partial charge is 0.397 e. The monoisotopic (exact) mass is 264 g/mol. The van der Waals surface area contributed by atoms with Crippen LogP contribution in [0.2, 0.25) is 5.02 Å². The molecular formula is C12H13ClN4O. The average Bonchev–Trinajstić information content (AvgIpc) is 2.65. The molecule has 0 bridgehead atoms. The summed E-state index contributed by atoms with van der Waals surface area (Å²) in [6.45, 7) is 1.82. The number of aromatic nitrogens is 2. The molecule has 1 heterocycles. The summed E-state index contributed by atoms with van der Waals surface area (Å²) in [4.78, 5) is 12.0. The highest BCUT2D eigenvalue weighted by atomic mass is 35.5. The quantitative estimate of drug-likeness (QED) is 0.817. The van der Waals surface area contributed by atoms with Crippen molar-refractivity contribution < 1.29 is 4.79 Å². The number of rotatable bonds is 2. The Hall–Kier alpha value is -2.01. The predicted molar refractivity (Wildman–Crippen MR) is 71.8 cm³/mol. The Bertz CT molecular complexity index is 606. The first-order chi connectivity index (χ1) is 8.49. The zero-order valence-electron chi connectivity index (χ0n) is 10.1. The van der Waals surface area contributed by atoms with Crippen LogP contribution in [0.4, 0.5) is 11.4 Å². The lowest BCUT2D eigenvalue weighted by Crippen LogP contribution is -2.14. The molecule has 0 unspecified atom stereocenters. The van der Waals surface area contributed by atoms with E-state index < -0.39 is 0 Å². The Morgan fingerprint density at radius 2 is 2.22 bits per heavy atom. The van der Waals surface area contributed by atoms with Gasteiger partial charge in [0, 0.05) is 17.8 Å². The van der Waals surface area contributed by atoms with Crippen molar-refractivity contribution in [3.63, 3.8) is 0 Å². The smallest absolute Gasteiger partial charge is 0.259 e. The van der Waals surface area contributed by atoms with Gasteiger partial charge in [0.2, 0.25) is 0 Å². The molecule has 0 spiro atoms. The van der Waals surface area contributed by atoms with E-state index in [0.717, 1.165) is 5.69 Å². The van der Waals surface area contributed by atoms with Gasteiger partial charge in [-0.1, -0.05) is 11.6 Å². The minimum atomic E-state index is -0.255. The van der Waals surface area contributed by atoms with Crippen molar-refractivity contribution in [3.8, 4) is 0 Å². The second-order valence-corrected chi connectivity index (χ2v) is 4.39. The first kappa shape index (κ1) is 12.4. The molecule has 2 aromatic rings. The summed E-state index contributed by atoms with van der Waals surface area (Å²) in [5.74, 6) is -0.255. The van der Waals surface area contributed by atoms with Gasteiger partial charge in [-0.3, -0.25) is 9.48 Å². The van der Waals surface area contributed by atoms with Crippen molar-refractivity contribution in [2.24, 2.45) is 7.05 Å². The molecule has 0 saturated heterocycles. The number of nitrogens with two attached hydrogens (primary N) is 1. The van der Waals surface area contributed by atoms with Gasteiger partial charge in [-0.25, -0.2) is 0 Å². The number of hydrogen-bond donors (Lipinski definition) is 2. The number of carbonyl (C=O) groups excluding carboxylic acids is 1. The summed E-state index contributed by atoms with van der Waals surface area (Å²) in [7, 11) is 1.78. The summed E-state index contributed by atoms with van der Waals surface area (Å²) < 4.78 is 1.64. The fraction of sp³-hybridized carbons (Fsp3) is 0.167. The van der Waals surface area contributed by atoms with Gasteiger partial charge < -0.3 is 11.1 Å². The van der Waals surface area contributed by atoms with Gasteiger partial charge in [0.25, 0.3) is 5.91 Å². The third kappa shape index (κ3) is 2.31. The normalized spacial score (nSPS) is 10.4. The van der Waals surface area contributed by atoms with E-state index in [-0.39, 0.29) is 5.91 Å². The standard InChI is InChI=1S/C12H13ClN4O/c1-7-9(6-15-17(7)2)12(18)16-11-5-8(13)3-4-10(11)14/h3-6H,14H2,1-2H3,(H,16,18). The first-order valence-corrected chi connectivity index (χ1v) is 5.72. The minimum Gasteiger partial charge on any atom is -0.397 e. The van der Waals surface area contributed by atoms with E-state index in [1.165, 1.54) is 6.20 Å². The Labute approximate surface area is 110 Å². The van der Waals surface area contributed by atoms with Gasteiger partial charge >= 0.3 is 0 Å². The lowest BCUT2D eigenvalue weighted by atomic mass is 10.2. The maximum absolute atomic E-state index is 12.0. The zero-order chi connectivity index (χ0) is 13.3. The van der Waals surface area contributed by atoms with Crippen LogP contribution >= 0.6 is 11.6 Å². The molecular weight excluding hydrogens is 252 g/mol. The van der Waals surface area contributed by atoms with Crippen LogP contribution in [-0.4, -0.2) is 15.7 Å². The van der Waals surface area contributed by atoms with Crippen molar-refractivity contribution in [1.82, 2.24) is 9.78 Å². The first-order valence-electron chi connectivity index (χ1n) is 5.34. The molecule has 0 aliphatic rings. The molecule has 0 aliphatic heterocycles. The van der Waals surface area contributed by atoms with Crippen molar-refractivity contribution >= 4 is 28.9 Å². The summed E-state index contributed by atoms with van der Waals surface area (Å²) in [6, 6.07) is 4.93. The Morgan fingerprint density at radius 3 is 2.83 bits per heavy atom. The van der Waals surface area contributed by atoms with Crippen LogP contribution in [0.15, 0.2) is 24.4 Å². The molecule has 0 saturated carbocycles. The number of carbonyl (C=O) groups is 1. The van der Waals surface area contributed by atoms with Crippen LogP contribution in [-0.2, 0) is 7.05 Å². The number of aryl methyl sites for hydroxylation is 1. The lowest BCUT2D eigenvalue weighted by Gasteiger charge is -2.08. The van der Waals surface area contributed by atoms with E-state index in [1.54, 1.807) is 29.9 Å². The van der Waals surface area contributed by atoms with Gasteiger partial charge in [-0.2, -0.15) is 5.10 Å². The van der Waals surface area contributed by atoms with Crippen LogP contribution < -0.4 is 11.1 Å². The number of hydrogen-bond acceptors (Lipinski definition) is 3. The van der Waals surface area contributed by atoms with Crippen molar-refractivity contribution in [2.45, 2.75) is 6.92 Å². The van der Waals surface area contributed by atoms with E-state index in [2.05, 4.69) is 10.4 Å². The van der Waals surface area contributed by atoms with E-state index >= 15 is 0 Å². The number of nitrogens with zero attached hydrogens (tertiary/aromatic N) is 2. The molecule has 0 fully saturated rings. The zero-order valence-corrected chi connectivity index (χ0v) is 10.8. The number of benzene rings is 1. The Balaban J connectivity index is 2.27. The summed E-state index contributed by atoms with van der Waals surface area (Å²) in [6.07, 6.45) is 1.52. The fourth-order valence-electron chi connectivity index (χ4n) is 1.55. The van der Waals surface area contributed by atoms with Gasteiger partial charge in [0.15, 0.2) is 0 Å². The maximum Gasteiger partial charge on any atom is 0.259 e. The number of anilines is 2. The third-order valence-corrected chi connectivity index (χ3v) is 2.98. The SMILES string of the molecule is Cc1c(C(=O)Nc2cc(Cl)ccc2N)cnn1C. The van der Waals surface area contributed by atoms with E-state index in [4.69, 9.17) is 17.3 Å². The number of halogens is 1. The van der Waals surface area contributed by atoms with Crippen molar-refractivity contribution in [3.05, 3.63) is 40.7 Å². The van der Waals surface area contributed by atoms with Crippen LogP contribution in [0.5, 0.6) is 0 Å². The van der Waals surface area contributed by atoms with Crippen LogP contribution in [0.1, 0.15) is 16.1 Å². The fourth-order valence-corrected chi connectivity index (χ4v) is 1.72. The van der Waals surface area contributed by atoms with E-state index in [0.29, 0.717) is 22.0 Å². The molecule has 94 valence electrons. The average molecular weight is 265 g/mol. The molecule has 0 aliphatic carbocycles. The second-order valence-electron chi connectivity index (χ2n) is 3.95. The number of nitrogens with one attached hydrogen (secondary N) is 1. The predicted octanol–water partition coefficient (Wildman–Crippen LogP) is 2.22. The van der Waals surface area contributed by atoms with Gasteiger partial charge in [-0.05, 0) is 25.1 Å². The third-order valence-electron chi connectivity index (χ3n) is 2.74. The molecule has 18 heavy (non-hydrogen) atoms. The summed E-state index contributed by atoms with van der Waals surface area (Å²) in [5.41, 5.74) is 8.02. The van der Waals surface area contributed by atoms with Crippen LogP contribution in [0, 0.1) is 6.92 Å². The molecule has 1 aromatic carbocycles.